The van der Waals surface area contributed by atoms with Crippen molar-refractivity contribution in [3.05, 3.63) is 59.4 Å². The second kappa shape index (κ2) is 9.82. The normalized spacial score (nSPS) is 20.0. The molecule has 29 heavy (non-hydrogen) atoms. The first-order valence-electron chi connectivity index (χ1n) is 11.2. The summed E-state index contributed by atoms with van der Waals surface area (Å²) in [6.07, 6.45) is 8.35. The molecule has 2 aromatic carbocycles. The molecule has 1 fully saturated rings. The molecule has 0 amide bonds. The Balaban J connectivity index is 1.70. The van der Waals surface area contributed by atoms with Crippen LogP contribution in [0.5, 0.6) is 0 Å². The number of rotatable bonds is 8. The molecular formula is C26H33F3. The van der Waals surface area contributed by atoms with Gasteiger partial charge in [-0.3, -0.25) is 0 Å². The van der Waals surface area contributed by atoms with E-state index in [1.807, 2.05) is 19.1 Å². The number of halogens is 3. The molecule has 3 heteroatoms. The minimum atomic E-state index is -2.83. The van der Waals surface area contributed by atoms with Crippen molar-refractivity contribution >= 4 is 0 Å². The van der Waals surface area contributed by atoms with Crippen LogP contribution in [0.1, 0.15) is 88.7 Å². The summed E-state index contributed by atoms with van der Waals surface area (Å²) < 4.78 is 43.3. The quantitative estimate of drug-likeness (QED) is 0.414. The smallest absolute Gasteiger partial charge is 0.206 e. The summed E-state index contributed by atoms with van der Waals surface area (Å²) in [7, 11) is 0. The highest BCUT2D eigenvalue weighted by Gasteiger charge is 2.30. The van der Waals surface area contributed by atoms with Gasteiger partial charge < -0.3 is 0 Å². The second-order valence-electron chi connectivity index (χ2n) is 8.63. The lowest BCUT2D eigenvalue weighted by Crippen LogP contribution is -2.13. The second-order valence-corrected chi connectivity index (χ2v) is 8.63. The Bertz CT molecular complexity index is 771. The molecule has 0 unspecified atom stereocenters. The Hall–Kier alpha value is -1.77. The summed E-state index contributed by atoms with van der Waals surface area (Å²) in [5.74, 6) is -1.82. The average Bonchev–Trinajstić information content (AvgIpc) is 2.73. The first kappa shape index (κ1) is 21.9. The van der Waals surface area contributed by atoms with E-state index in [4.69, 9.17) is 0 Å². The highest BCUT2D eigenvalue weighted by molar-refractivity contribution is 5.65. The van der Waals surface area contributed by atoms with E-state index < -0.39 is 5.92 Å². The standard InChI is InChI=1S/C26H33F3/c1-3-5-17-26(28,29)23-14-11-21(12-15-23)24-16-13-22(18-25(24)27)20-9-7-19(6-4-2)8-10-20/h11-16,18-20H,3-10,17H2,1-2H3/t19-,20-. The Labute approximate surface area is 173 Å². The van der Waals surface area contributed by atoms with Gasteiger partial charge in [-0.1, -0.05) is 69.5 Å². The summed E-state index contributed by atoms with van der Waals surface area (Å²) in [6, 6.07) is 11.6. The van der Waals surface area contributed by atoms with Gasteiger partial charge in [-0.25, -0.2) is 13.2 Å². The third-order valence-corrected chi connectivity index (χ3v) is 6.47. The maximum absolute atomic E-state index is 14.8. The van der Waals surface area contributed by atoms with Gasteiger partial charge in [-0.05, 0) is 61.1 Å². The maximum atomic E-state index is 14.8. The Morgan fingerprint density at radius 1 is 0.897 bits per heavy atom. The molecule has 0 bridgehead atoms. The van der Waals surface area contributed by atoms with Crippen LogP contribution in [0.2, 0.25) is 0 Å². The number of hydrogen-bond donors (Lipinski definition) is 0. The maximum Gasteiger partial charge on any atom is 0.273 e. The molecule has 0 spiro atoms. The van der Waals surface area contributed by atoms with Gasteiger partial charge in [0.1, 0.15) is 5.82 Å². The molecule has 0 atom stereocenters. The summed E-state index contributed by atoms with van der Waals surface area (Å²) in [4.78, 5) is 0. The van der Waals surface area contributed by atoms with E-state index in [0.717, 1.165) is 30.7 Å². The number of unbranched alkanes of at least 4 members (excludes halogenated alkanes) is 1. The monoisotopic (exact) mass is 402 g/mol. The van der Waals surface area contributed by atoms with Crippen molar-refractivity contribution in [2.45, 2.75) is 83.5 Å². The molecule has 0 aromatic heterocycles. The minimum absolute atomic E-state index is 0.00978. The van der Waals surface area contributed by atoms with Gasteiger partial charge in [0, 0.05) is 17.5 Å². The van der Waals surface area contributed by atoms with E-state index in [2.05, 4.69) is 6.92 Å². The SMILES string of the molecule is CCCCC(F)(F)c1ccc(-c2ccc([C@H]3CC[C@H](CCC)CC3)cc2F)cc1. The van der Waals surface area contributed by atoms with Gasteiger partial charge in [0.25, 0.3) is 5.92 Å². The van der Waals surface area contributed by atoms with E-state index in [1.54, 1.807) is 18.2 Å². The number of hydrogen-bond acceptors (Lipinski definition) is 0. The van der Waals surface area contributed by atoms with Crippen molar-refractivity contribution in [2.75, 3.05) is 0 Å². The topological polar surface area (TPSA) is 0 Å². The molecular weight excluding hydrogens is 369 g/mol. The third-order valence-electron chi connectivity index (χ3n) is 6.47. The van der Waals surface area contributed by atoms with E-state index in [1.165, 1.54) is 37.8 Å². The molecule has 0 nitrogen and oxygen atoms in total. The summed E-state index contributed by atoms with van der Waals surface area (Å²) in [5, 5.41) is 0. The van der Waals surface area contributed by atoms with Crippen LogP contribution in [-0.2, 0) is 5.92 Å². The van der Waals surface area contributed by atoms with Crippen molar-refractivity contribution in [1.29, 1.82) is 0 Å². The van der Waals surface area contributed by atoms with Gasteiger partial charge >= 0.3 is 0 Å². The summed E-state index contributed by atoms with van der Waals surface area (Å²) >= 11 is 0. The van der Waals surface area contributed by atoms with Crippen molar-refractivity contribution in [3.63, 3.8) is 0 Å². The molecule has 0 N–H and O–H groups in total. The van der Waals surface area contributed by atoms with Gasteiger partial charge in [0.15, 0.2) is 0 Å². The Morgan fingerprint density at radius 3 is 2.17 bits per heavy atom. The van der Waals surface area contributed by atoms with E-state index in [-0.39, 0.29) is 17.8 Å². The lowest BCUT2D eigenvalue weighted by molar-refractivity contribution is -0.0154. The van der Waals surface area contributed by atoms with Crippen molar-refractivity contribution in [3.8, 4) is 11.1 Å². The van der Waals surface area contributed by atoms with E-state index in [0.29, 0.717) is 23.5 Å². The Kier molecular flexibility index (Phi) is 7.43. The molecule has 1 saturated carbocycles. The van der Waals surface area contributed by atoms with Crippen LogP contribution in [0, 0.1) is 11.7 Å². The van der Waals surface area contributed by atoms with Crippen molar-refractivity contribution in [2.24, 2.45) is 5.92 Å². The van der Waals surface area contributed by atoms with Crippen LogP contribution in [0.25, 0.3) is 11.1 Å². The van der Waals surface area contributed by atoms with Gasteiger partial charge in [-0.2, -0.15) is 0 Å². The zero-order valence-corrected chi connectivity index (χ0v) is 17.7. The first-order chi connectivity index (χ1) is 13.9. The molecule has 2 aromatic rings. The molecule has 0 radical (unpaired) electrons. The average molecular weight is 403 g/mol. The zero-order chi connectivity index (χ0) is 20.9. The largest absolute Gasteiger partial charge is 0.273 e. The van der Waals surface area contributed by atoms with Crippen LogP contribution >= 0.6 is 0 Å². The van der Waals surface area contributed by atoms with E-state index in [9.17, 15) is 13.2 Å². The molecule has 0 saturated heterocycles. The number of alkyl halides is 2. The highest BCUT2D eigenvalue weighted by atomic mass is 19.3. The minimum Gasteiger partial charge on any atom is -0.206 e. The fourth-order valence-electron chi connectivity index (χ4n) is 4.65. The summed E-state index contributed by atoms with van der Waals surface area (Å²) in [6.45, 7) is 4.14. The molecule has 158 valence electrons. The van der Waals surface area contributed by atoms with Crippen molar-refractivity contribution < 1.29 is 13.2 Å². The van der Waals surface area contributed by atoms with Crippen LogP contribution in [0.15, 0.2) is 42.5 Å². The fraction of sp³-hybridized carbons (Fsp3) is 0.538. The predicted octanol–water partition coefficient (Wildman–Crippen LogP) is 8.85. The molecule has 1 aliphatic rings. The predicted molar refractivity (Wildman–Crippen MR) is 115 cm³/mol. The van der Waals surface area contributed by atoms with E-state index >= 15 is 0 Å². The first-order valence-corrected chi connectivity index (χ1v) is 11.2. The third kappa shape index (κ3) is 5.43. The van der Waals surface area contributed by atoms with Gasteiger partial charge in [-0.15, -0.1) is 0 Å². The van der Waals surface area contributed by atoms with Crippen LogP contribution < -0.4 is 0 Å². The van der Waals surface area contributed by atoms with Crippen molar-refractivity contribution in [1.82, 2.24) is 0 Å². The summed E-state index contributed by atoms with van der Waals surface area (Å²) in [5.41, 5.74) is 2.21. The van der Waals surface area contributed by atoms with Crippen LogP contribution in [0.4, 0.5) is 13.2 Å². The molecule has 1 aliphatic carbocycles. The van der Waals surface area contributed by atoms with Crippen LogP contribution in [-0.4, -0.2) is 0 Å². The molecule has 0 aliphatic heterocycles. The zero-order valence-electron chi connectivity index (χ0n) is 17.7. The molecule has 3 rings (SSSR count). The lowest BCUT2D eigenvalue weighted by Gasteiger charge is -2.28. The number of benzene rings is 2. The van der Waals surface area contributed by atoms with Crippen LogP contribution in [0.3, 0.4) is 0 Å². The Morgan fingerprint density at radius 2 is 1.59 bits per heavy atom. The fourth-order valence-corrected chi connectivity index (χ4v) is 4.65. The van der Waals surface area contributed by atoms with Gasteiger partial charge in [0.2, 0.25) is 0 Å². The lowest BCUT2D eigenvalue weighted by atomic mass is 9.77. The van der Waals surface area contributed by atoms with Gasteiger partial charge in [0.05, 0.1) is 0 Å². The highest BCUT2D eigenvalue weighted by Crippen LogP contribution is 2.39. The molecule has 0 heterocycles.